The van der Waals surface area contributed by atoms with Gasteiger partial charge in [-0.3, -0.25) is 9.69 Å². The lowest BCUT2D eigenvalue weighted by Gasteiger charge is -2.36. The Balaban J connectivity index is 1.77. The number of piperazine rings is 1. The molecular formula is C12H22FN3O. The van der Waals surface area contributed by atoms with Crippen molar-refractivity contribution in [1.29, 1.82) is 0 Å². The minimum atomic E-state index is -0.291. The second-order valence-corrected chi connectivity index (χ2v) is 4.90. The molecule has 0 bridgehead atoms. The molecule has 0 spiro atoms. The van der Waals surface area contributed by atoms with Crippen molar-refractivity contribution in [1.82, 2.24) is 15.1 Å². The van der Waals surface area contributed by atoms with Crippen LogP contribution in [0, 0.1) is 5.92 Å². The maximum absolute atomic E-state index is 12.2. The van der Waals surface area contributed by atoms with Crippen molar-refractivity contribution in [2.24, 2.45) is 5.92 Å². The van der Waals surface area contributed by atoms with Crippen LogP contribution in [0.3, 0.4) is 0 Å². The molecule has 98 valence electrons. The van der Waals surface area contributed by atoms with Gasteiger partial charge < -0.3 is 10.2 Å². The second kappa shape index (κ2) is 6.31. The zero-order valence-corrected chi connectivity index (χ0v) is 10.3. The molecule has 1 N–H and O–H groups in total. The van der Waals surface area contributed by atoms with Gasteiger partial charge in [0.05, 0.1) is 5.92 Å². The lowest BCUT2D eigenvalue weighted by atomic mass is 9.98. The Bertz CT molecular complexity index is 248. The molecule has 0 aromatic rings. The Labute approximate surface area is 102 Å². The van der Waals surface area contributed by atoms with Crippen molar-refractivity contribution in [2.75, 3.05) is 52.5 Å². The lowest BCUT2D eigenvalue weighted by molar-refractivity contribution is -0.137. The molecule has 17 heavy (non-hydrogen) atoms. The summed E-state index contributed by atoms with van der Waals surface area (Å²) in [4.78, 5) is 16.2. The number of hydrogen-bond donors (Lipinski definition) is 1. The highest BCUT2D eigenvalue weighted by atomic mass is 19.1. The molecule has 2 aliphatic rings. The highest BCUT2D eigenvalue weighted by Gasteiger charge is 2.28. The quantitative estimate of drug-likeness (QED) is 0.763. The molecule has 2 saturated heterocycles. The van der Waals surface area contributed by atoms with Gasteiger partial charge in [0.25, 0.3) is 0 Å². The van der Waals surface area contributed by atoms with Crippen molar-refractivity contribution in [3.63, 3.8) is 0 Å². The molecule has 2 aliphatic heterocycles. The number of rotatable bonds is 3. The van der Waals surface area contributed by atoms with Crippen LogP contribution in [0.5, 0.6) is 0 Å². The Hall–Kier alpha value is -0.680. The normalized spacial score (nSPS) is 27.1. The predicted octanol–water partition coefficient (Wildman–Crippen LogP) is 0.0997. The first-order valence-corrected chi connectivity index (χ1v) is 6.59. The first kappa shape index (κ1) is 12.8. The van der Waals surface area contributed by atoms with Gasteiger partial charge in [0, 0.05) is 39.3 Å². The minimum Gasteiger partial charge on any atom is -0.340 e. The van der Waals surface area contributed by atoms with Gasteiger partial charge >= 0.3 is 0 Å². The Morgan fingerprint density at radius 3 is 2.65 bits per heavy atom. The fraction of sp³-hybridized carbons (Fsp3) is 0.917. The highest BCUT2D eigenvalue weighted by Crippen LogP contribution is 2.14. The van der Waals surface area contributed by atoms with Crippen molar-refractivity contribution in [2.45, 2.75) is 12.8 Å². The van der Waals surface area contributed by atoms with Gasteiger partial charge in [-0.2, -0.15) is 0 Å². The van der Waals surface area contributed by atoms with Crippen LogP contribution in [0.1, 0.15) is 12.8 Å². The molecule has 1 atom stereocenters. The number of alkyl halides is 1. The van der Waals surface area contributed by atoms with Crippen LogP contribution in [0.25, 0.3) is 0 Å². The summed E-state index contributed by atoms with van der Waals surface area (Å²) in [5.74, 6) is 0.452. The van der Waals surface area contributed by atoms with E-state index in [1.165, 1.54) is 0 Å². The van der Waals surface area contributed by atoms with Gasteiger partial charge in [-0.15, -0.1) is 0 Å². The molecular weight excluding hydrogens is 221 g/mol. The van der Waals surface area contributed by atoms with Crippen LogP contribution in [-0.4, -0.2) is 68.2 Å². The molecule has 0 aromatic heterocycles. The number of piperidine rings is 1. The molecule has 0 radical (unpaired) electrons. The number of nitrogens with zero attached hydrogens (tertiary/aromatic N) is 2. The maximum Gasteiger partial charge on any atom is 0.227 e. The van der Waals surface area contributed by atoms with Gasteiger partial charge in [-0.05, 0) is 19.4 Å². The highest BCUT2D eigenvalue weighted by molar-refractivity contribution is 5.79. The SMILES string of the molecule is O=C([C@H]1CCCNC1)N1CCN(CCF)CC1. The lowest BCUT2D eigenvalue weighted by Crippen LogP contribution is -2.52. The molecule has 2 heterocycles. The number of carbonyl (C=O) groups is 1. The van der Waals surface area contributed by atoms with Gasteiger partial charge in [0.2, 0.25) is 5.91 Å². The van der Waals surface area contributed by atoms with E-state index in [-0.39, 0.29) is 18.5 Å². The van der Waals surface area contributed by atoms with Crippen LogP contribution in [0.4, 0.5) is 4.39 Å². The summed E-state index contributed by atoms with van der Waals surface area (Å²) in [7, 11) is 0. The van der Waals surface area contributed by atoms with E-state index < -0.39 is 0 Å². The van der Waals surface area contributed by atoms with Crippen molar-refractivity contribution in [3.8, 4) is 0 Å². The van der Waals surface area contributed by atoms with E-state index in [0.717, 1.165) is 52.1 Å². The van der Waals surface area contributed by atoms with Crippen LogP contribution in [-0.2, 0) is 4.79 Å². The topological polar surface area (TPSA) is 35.6 Å². The van der Waals surface area contributed by atoms with Gasteiger partial charge in [-0.25, -0.2) is 4.39 Å². The first-order chi connectivity index (χ1) is 8.31. The number of amides is 1. The summed E-state index contributed by atoms with van der Waals surface area (Å²) < 4.78 is 12.2. The summed E-state index contributed by atoms with van der Waals surface area (Å²) in [5.41, 5.74) is 0. The van der Waals surface area contributed by atoms with E-state index in [1.807, 2.05) is 4.90 Å². The summed E-state index contributed by atoms with van der Waals surface area (Å²) in [6.07, 6.45) is 2.11. The van der Waals surface area contributed by atoms with Gasteiger partial charge in [0.1, 0.15) is 6.67 Å². The van der Waals surface area contributed by atoms with Crippen LogP contribution >= 0.6 is 0 Å². The summed E-state index contributed by atoms with van der Waals surface area (Å²) >= 11 is 0. The maximum atomic E-state index is 12.2. The summed E-state index contributed by atoms with van der Waals surface area (Å²) in [5, 5.41) is 3.28. The monoisotopic (exact) mass is 243 g/mol. The van der Waals surface area contributed by atoms with Crippen LogP contribution in [0.2, 0.25) is 0 Å². The molecule has 2 rings (SSSR count). The fourth-order valence-corrected chi connectivity index (χ4v) is 2.63. The van der Waals surface area contributed by atoms with E-state index in [0.29, 0.717) is 6.54 Å². The summed E-state index contributed by atoms with van der Waals surface area (Å²) in [6, 6.07) is 0. The molecule has 0 unspecified atom stereocenters. The summed E-state index contributed by atoms with van der Waals surface area (Å²) in [6.45, 7) is 5.22. The third kappa shape index (κ3) is 3.39. The Morgan fingerprint density at radius 2 is 2.06 bits per heavy atom. The predicted molar refractivity (Wildman–Crippen MR) is 64.6 cm³/mol. The Kier molecular flexibility index (Phi) is 4.74. The largest absolute Gasteiger partial charge is 0.340 e. The minimum absolute atomic E-state index is 0.163. The van der Waals surface area contributed by atoms with Gasteiger partial charge in [0.15, 0.2) is 0 Å². The zero-order valence-electron chi connectivity index (χ0n) is 10.3. The Morgan fingerprint density at radius 1 is 1.29 bits per heavy atom. The number of carbonyl (C=O) groups excluding carboxylic acids is 1. The van der Waals surface area contributed by atoms with Crippen LogP contribution < -0.4 is 5.32 Å². The van der Waals surface area contributed by atoms with E-state index >= 15 is 0 Å². The molecule has 0 aliphatic carbocycles. The average molecular weight is 243 g/mol. The van der Waals surface area contributed by atoms with Crippen molar-refractivity contribution in [3.05, 3.63) is 0 Å². The zero-order chi connectivity index (χ0) is 12.1. The molecule has 5 heteroatoms. The first-order valence-electron chi connectivity index (χ1n) is 6.59. The van der Waals surface area contributed by atoms with Gasteiger partial charge in [-0.1, -0.05) is 0 Å². The van der Waals surface area contributed by atoms with Crippen molar-refractivity contribution < 1.29 is 9.18 Å². The number of halogens is 1. The van der Waals surface area contributed by atoms with Crippen LogP contribution in [0.15, 0.2) is 0 Å². The standard InChI is InChI=1S/C12H22FN3O/c13-3-5-15-6-8-16(9-7-15)12(17)11-2-1-4-14-10-11/h11,14H,1-10H2/t11-/m0/s1. The van der Waals surface area contributed by atoms with E-state index in [1.54, 1.807) is 0 Å². The van der Waals surface area contributed by atoms with E-state index in [2.05, 4.69) is 10.2 Å². The number of hydrogen-bond acceptors (Lipinski definition) is 3. The molecule has 1 amide bonds. The fourth-order valence-electron chi connectivity index (χ4n) is 2.63. The molecule has 0 saturated carbocycles. The van der Waals surface area contributed by atoms with E-state index in [4.69, 9.17) is 0 Å². The number of nitrogens with one attached hydrogen (secondary N) is 1. The van der Waals surface area contributed by atoms with E-state index in [9.17, 15) is 9.18 Å². The second-order valence-electron chi connectivity index (χ2n) is 4.90. The third-order valence-corrected chi connectivity index (χ3v) is 3.73. The average Bonchev–Trinajstić information content (AvgIpc) is 2.40. The molecule has 2 fully saturated rings. The third-order valence-electron chi connectivity index (χ3n) is 3.73. The molecule has 0 aromatic carbocycles. The van der Waals surface area contributed by atoms with Crippen molar-refractivity contribution >= 4 is 5.91 Å². The molecule has 4 nitrogen and oxygen atoms in total. The smallest absolute Gasteiger partial charge is 0.227 e.